The number of aliphatic hydroxyl groups excluding tert-OH is 1. The monoisotopic (exact) mass is 194 g/mol. The number of aliphatic hydroxyl groups is 1. The van der Waals surface area contributed by atoms with Crippen LogP contribution in [0.25, 0.3) is 0 Å². The number of hydrogen-bond acceptors (Lipinski definition) is 2. The number of fused-ring (bicyclic) bond motifs is 1. The van der Waals surface area contributed by atoms with Crippen molar-refractivity contribution in [3.05, 3.63) is 11.1 Å². The van der Waals surface area contributed by atoms with Crippen LogP contribution in [0, 0.1) is 11.8 Å². The highest BCUT2D eigenvalue weighted by Crippen LogP contribution is 2.42. The first-order valence-corrected chi connectivity index (χ1v) is 5.57. The van der Waals surface area contributed by atoms with Crippen molar-refractivity contribution in [1.29, 1.82) is 0 Å². The molecule has 14 heavy (non-hydrogen) atoms. The van der Waals surface area contributed by atoms with Gasteiger partial charge in [0.15, 0.2) is 0 Å². The van der Waals surface area contributed by atoms with Crippen LogP contribution in [0.4, 0.5) is 0 Å². The Labute approximate surface area is 85.0 Å². The molecule has 0 radical (unpaired) electrons. The summed E-state index contributed by atoms with van der Waals surface area (Å²) in [6.07, 6.45) is 5.84. The Morgan fingerprint density at radius 2 is 2.14 bits per heavy atom. The van der Waals surface area contributed by atoms with E-state index in [-0.39, 0.29) is 12.0 Å². The Balaban J connectivity index is 2.30. The van der Waals surface area contributed by atoms with Gasteiger partial charge in [0, 0.05) is 5.92 Å². The third-order valence-corrected chi connectivity index (χ3v) is 3.79. The number of carbonyl (C=O) groups is 1. The Bertz CT molecular complexity index is 267. The maximum atomic E-state index is 10.9. The van der Waals surface area contributed by atoms with E-state index in [1.807, 2.05) is 0 Å². The van der Waals surface area contributed by atoms with E-state index in [1.165, 1.54) is 11.1 Å². The van der Waals surface area contributed by atoms with Crippen LogP contribution in [-0.4, -0.2) is 17.5 Å². The van der Waals surface area contributed by atoms with Crippen molar-refractivity contribution in [2.24, 2.45) is 11.8 Å². The molecule has 0 amide bonds. The lowest BCUT2D eigenvalue weighted by Crippen LogP contribution is -2.33. The van der Waals surface area contributed by atoms with E-state index in [2.05, 4.69) is 6.92 Å². The lowest BCUT2D eigenvalue weighted by Gasteiger charge is -2.38. The average molecular weight is 194 g/mol. The second-order valence-electron chi connectivity index (χ2n) is 4.63. The summed E-state index contributed by atoms with van der Waals surface area (Å²) >= 11 is 0. The summed E-state index contributed by atoms with van der Waals surface area (Å²) in [5, 5.41) is 9.91. The van der Waals surface area contributed by atoms with Crippen LogP contribution in [-0.2, 0) is 4.79 Å². The van der Waals surface area contributed by atoms with E-state index in [4.69, 9.17) is 0 Å². The van der Waals surface area contributed by atoms with E-state index in [0.717, 1.165) is 38.4 Å². The van der Waals surface area contributed by atoms with E-state index in [0.29, 0.717) is 5.92 Å². The minimum Gasteiger partial charge on any atom is -0.389 e. The molecule has 0 aromatic carbocycles. The highest BCUT2D eigenvalue weighted by atomic mass is 16.3. The second-order valence-corrected chi connectivity index (χ2v) is 4.63. The minimum atomic E-state index is -0.267. The van der Waals surface area contributed by atoms with Crippen molar-refractivity contribution >= 4 is 6.29 Å². The van der Waals surface area contributed by atoms with Crippen molar-refractivity contribution in [1.82, 2.24) is 0 Å². The molecule has 0 aromatic heterocycles. The molecule has 0 heterocycles. The van der Waals surface area contributed by atoms with Crippen molar-refractivity contribution in [3.63, 3.8) is 0 Å². The number of rotatable bonds is 1. The van der Waals surface area contributed by atoms with E-state index >= 15 is 0 Å². The zero-order valence-electron chi connectivity index (χ0n) is 8.70. The molecule has 2 aliphatic rings. The van der Waals surface area contributed by atoms with Gasteiger partial charge in [-0.15, -0.1) is 0 Å². The SMILES string of the molecule is CC1=C2[C@H](O)CCC[C@@H]2[C@H](C=O)CC1. The van der Waals surface area contributed by atoms with Crippen LogP contribution < -0.4 is 0 Å². The normalized spacial score (nSPS) is 38.0. The third kappa shape index (κ3) is 1.52. The number of hydrogen-bond donors (Lipinski definition) is 1. The molecular formula is C12H18O2. The highest BCUT2D eigenvalue weighted by Gasteiger charge is 2.35. The van der Waals surface area contributed by atoms with Crippen molar-refractivity contribution in [2.75, 3.05) is 0 Å². The maximum Gasteiger partial charge on any atom is 0.123 e. The Kier molecular flexibility index (Phi) is 2.73. The molecule has 2 rings (SSSR count). The van der Waals surface area contributed by atoms with Gasteiger partial charge in [-0.05, 0) is 50.5 Å². The van der Waals surface area contributed by atoms with Crippen molar-refractivity contribution < 1.29 is 9.90 Å². The Hall–Kier alpha value is -0.630. The lowest BCUT2D eigenvalue weighted by molar-refractivity contribution is -0.113. The van der Waals surface area contributed by atoms with Gasteiger partial charge in [0.1, 0.15) is 6.29 Å². The van der Waals surface area contributed by atoms with Crippen molar-refractivity contribution in [3.8, 4) is 0 Å². The molecule has 3 atom stereocenters. The van der Waals surface area contributed by atoms with Gasteiger partial charge in [-0.25, -0.2) is 0 Å². The predicted molar refractivity (Wildman–Crippen MR) is 54.8 cm³/mol. The molecule has 0 saturated heterocycles. The second kappa shape index (κ2) is 3.85. The molecule has 1 saturated carbocycles. The molecule has 0 aromatic rings. The predicted octanol–water partition coefficient (Wildman–Crippen LogP) is 2.07. The summed E-state index contributed by atoms with van der Waals surface area (Å²) < 4.78 is 0. The summed E-state index contributed by atoms with van der Waals surface area (Å²) in [6, 6.07) is 0. The molecule has 0 unspecified atom stereocenters. The summed E-state index contributed by atoms with van der Waals surface area (Å²) in [7, 11) is 0. The zero-order chi connectivity index (χ0) is 10.1. The fraction of sp³-hybridized carbons (Fsp3) is 0.750. The molecule has 2 nitrogen and oxygen atoms in total. The molecule has 0 aliphatic heterocycles. The summed E-state index contributed by atoms with van der Waals surface area (Å²) in [5.74, 6) is 0.522. The molecule has 0 bridgehead atoms. The highest BCUT2D eigenvalue weighted by molar-refractivity contribution is 5.56. The van der Waals surface area contributed by atoms with Crippen LogP contribution in [0.1, 0.15) is 39.0 Å². The van der Waals surface area contributed by atoms with Crippen molar-refractivity contribution in [2.45, 2.75) is 45.1 Å². The molecule has 0 spiro atoms. The quantitative estimate of drug-likeness (QED) is 0.512. The van der Waals surface area contributed by atoms with E-state index < -0.39 is 0 Å². The summed E-state index contributed by atoms with van der Waals surface area (Å²) in [4.78, 5) is 10.9. The molecule has 2 aliphatic carbocycles. The van der Waals surface area contributed by atoms with Crippen LogP contribution in [0.5, 0.6) is 0 Å². The average Bonchev–Trinajstić information content (AvgIpc) is 2.18. The lowest BCUT2D eigenvalue weighted by atomic mass is 9.68. The molecule has 2 heteroatoms. The van der Waals surface area contributed by atoms with E-state index in [9.17, 15) is 9.90 Å². The minimum absolute atomic E-state index is 0.170. The number of carbonyl (C=O) groups excluding carboxylic acids is 1. The third-order valence-electron chi connectivity index (χ3n) is 3.79. The first kappa shape index (κ1) is 9.91. The summed E-state index contributed by atoms with van der Waals surface area (Å²) in [5.41, 5.74) is 2.53. The smallest absolute Gasteiger partial charge is 0.123 e. The number of allylic oxidation sites excluding steroid dienone is 1. The van der Waals surface area contributed by atoms with Gasteiger partial charge in [0.25, 0.3) is 0 Å². The van der Waals surface area contributed by atoms with Crippen LogP contribution in [0.3, 0.4) is 0 Å². The molecule has 1 N–H and O–H groups in total. The largest absolute Gasteiger partial charge is 0.389 e. The standard InChI is InChI=1S/C12H18O2/c1-8-5-6-9(7-13)10-3-2-4-11(14)12(8)10/h7,9-11,14H,2-6H2,1H3/t9-,10+,11+/m0/s1. The first-order chi connectivity index (χ1) is 6.74. The van der Waals surface area contributed by atoms with Gasteiger partial charge in [-0.3, -0.25) is 0 Å². The van der Waals surface area contributed by atoms with Gasteiger partial charge < -0.3 is 9.90 Å². The summed E-state index contributed by atoms with van der Waals surface area (Å²) in [6.45, 7) is 2.11. The van der Waals surface area contributed by atoms with E-state index in [1.54, 1.807) is 0 Å². The molecule has 1 fully saturated rings. The fourth-order valence-electron chi connectivity index (χ4n) is 3.03. The molecule has 78 valence electrons. The topological polar surface area (TPSA) is 37.3 Å². The maximum absolute atomic E-state index is 10.9. The Morgan fingerprint density at radius 1 is 1.36 bits per heavy atom. The van der Waals surface area contributed by atoms with Gasteiger partial charge in [0.2, 0.25) is 0 Å². The number of aldehydes is 1. The zero-order valence-corrected chi connectivity index (χ0v) is 8.70. The van der Waals surface area contributed by atoms with Gasteiger partial charge in [-0.1, -0.05) is 5.57 Å². The molecular weight excluding hydrogens is 176 g/mol. The van der Waals surface area contributed by atoms with Crippen LogP contribution in [0.15, 0.2) is 11.1 Å². The first-order valence-electron chi connectivity index (χ1n) is 5.57. The van der Waals surface area contributed by atoms with Crippen LogP contribution in [0.2, 0.25) is 0 Å². The van der Waals surface area contributed by atoms with Gasteiger partial charge >= 0.3 is 0 Å². The van der Waals surface area contributed by atoms with Gasteiger partial charge in [0.05, 0.1) is 6.10 Å². The van der Waals surface area contributed by atoms with Gasteiger partial charge in [-0.2, -0.15) is 0 Å². The Morgan fingerprint density at radius 3 is 2.86 bits per heavy atom. The van der Waals surface area contributed by atoms with Crippen LogP contribution >= 0.6 is 0 Å². The fourth-order valence-corrected chi connectivity index (χ4v) is 3.03.